The second kappa shape index (κ2) is 8.69. The van der Waals surface area contributed by atoms with Gasteiger partial charge in [0, 0.05) is 10.2 Å². The maximum absolute atomic E-state index is 12.9. The maximum atomic E-state index is 12.9. The Morgan fingerprint density at radius 2 is 1.74 bits per heavy atom. The Morgan fingerprint density at radius 3 is 2.39 bits per heavy atom. The first-order chi connectivity index (χ1) is 15.0. The third-order valence-corrected chi connectivity index (χ3v) is 6.09. The lowest BCUT2D eigenvalue weighted by atomic mass is 9.79. The first-order valence-corrected chi connectivity index (χ1v) is 10.6. The fourth-order valence-electron chi connectivity index (χ4n) is 4.14. The van der Waals surface area contributed by atoms with Gasteiger partial charge in [-0.2, -0.15) is 0 Å². The molecule has 2 heterocycles. The molecule has 31 heavy (non-hydrogen) atoms. The molecule has 0 amide bonds. The van der Waals surface area contributed by atoms with Gasteiger partial charge in [0.2, 0.25) is 0 Å². The predicted octanol–water partition coefficient (Wildman–Crippen LogP) is 3.82. The van der Waals surface area contributed by atoms with E-state index in [-0.39, 0.29) is 11.1 Å². The summed E-state index contributed by atoms with van der Waals surface area (Å²) < 4.78 is 17.3. The van der Waals surface area contributed by atoms with Crippen LogP contribution in [0.15, 0.2) is 82.4 Å². The van der Waals surface area contributed by atoms with E-state index >= 15 is 0 Å². The van der Waals surface area contributed by atoms with E-state index in [0.717, 1.165) is 15.7 Å². The first kappa shape index (κ1) is 21.3. The smallest absolute Gasteiger partial charge is 0.337 e. The lowest BCUT2D eigenvalue weighted by Crippen LogP contribution is -2.49. The number of carbonyl (C=O) groups is 2. The number of hydrogen-bond acceptors (Lipinski definition) is 6. The molecule has 1 N–H and O–H groups in total. The van der Waals surface area contributed by atoms with Crippen molar-refractivity contribution in [2.45, 2.75) is 24.2 Å². The summed E-state index contributed by atoms with van der Waals surface area (Å²) in [6.45, 7) is 0. The van der Waals surface area contributed by atoms with Crippen molar-refractivity contribution in [3.63, 3.8) is 0 Å². The van der Waals surface area contributed by atoms with Gasteiger partial charge in [0.05, 0.1) is 31.4 Å². The maximum Gasteiger partial charge on any atom is 0.337 e. The van der Waals surface area contributed by atoms with Gasteiger partial charge in [0.25, 0.3) is 0 Å². The van der Waals surface area contributed by atoms with Gasteiger partial charge < -0.3 is 19.5 Å². The van der Waals surface area contributed by atoms with Gasteiger partial charge in [0.1, 0.15) is 11.7 Å². The molecule has 2 aromatic rings. The van der Waals surface area contributed by atoms with Crippen LogP contribution in [0.4, 0.5) is 5.69 Å². The Bertz CT molecular complexity index is 1050. The number of halogens is 1. The minimum absolute atomic E-state index is 0.180. The first-order valence-electron chi connectivity index (χ1n) is 9.83. The summed E-state index contributed by atoms with van der Waals surface area (Å²) in [6.07, 6.45) is 3.51. The van der Waals surface area contributed by atoms with Gasteiger partial charge in [-0.1, -0.05) is 52.3 Å². The van der Waals surface area contributed by atoms with Crippen LogP contribution in [0.2, 0.25) is 0 Å². The van der Waals surface area contributed by atoms with Crippen LogP contribution < -0.4 is 5.32 Å². The van der Waals surface area contributed by atoms with Crippen molar-refractivity contribution < 1.29 is 23.8 Å². The summed E-state index contributed by atoms with van der Waals surface area (Å²) in [4.78, 5) is 25.4. The molecular weight excluding hydrogens is 462 g/mol. The topological polar surface area (TPSA) is 73.9 Å². The summed E-state index contributed by atoms with van der Waals surface area (Å²) in [6, 6.07) is 17.2. The molecule has 0 radical (unpaired) electrons. The number of anilines is 1. The number of carbonyl (C=O) groups excluding carboxylic acids is 2. The van der Waals surface area contributed by atoms with Gasteiger partial charge in [-0.15, -0.1) is 0 Å². The highest BCUT2D eigenvalue weighted by Gasteiger charge is 2.58. The molecule has 0 aromatic heterocycles. The van der Waals surface area contributed by atoms with E-state index in [1.807, 2.05) is 60.7 Å². The zero-order valence-electron chi connectivity index (χ0n) is 17.1. The van der Waals surface area contributed by atoms with Crippen molar-refractivity contribution in [1.29, 1.82) is 0 Å². The second-order valence-electron chi connectivity index (χ2n) is 7.36. The average molecular weight is 484 g/mol. The van der Waals surface area contributed by atoms with Crippen LogP contribution in [0.3, 0.4) is 0 Å². The number of hydrogen-bond donors (Lipinski definition) is 1. The highest BCUT2D eigenvalue weighted by atomic mass is 79.9. The van der Waals surface area contributed by atoms with Crippen molar-refractivity contribution in [2.24, 2.45) is 0 Å². The minimum Gasteiger partial charge on any atom is -0.466 e. The quantitative estimate of drug-likeness (QED) is 0.476. The molecule has 2 aliphatic heterocycles. The molecule has 2 aliphatic rings. The Morgan fingerprint density at radius 1 is 1.06 bits per heavy atom. The third-order valence-electron chi connectivity index (χ3n) is 5.57. The van der Waals surface area contributed by atoms with Crippen LogP contribution in [0.25, 0.3) is 0 Å². The van der Waals surface area contributed by atoms with Crippen LogP contribution in [0.1, 0.15) is 5.56 Å². The van der Waals surface area contributed by atoms with Crippen molar-refractivity contribution in [3.8, 4) is 0 Å². The van der Waals surface area contributed by atoms with Crippen LogP contribution in [-0.2, 0) is 30.2 Å². The fraction of sp³-hybridized carbons (Fsp3) is 0.250. The minimum atomic E-state index is -1.18. The zero-order valence-corrected chi connectivity index (χ0v) is 18.7. The zero-order chi connectivity index (χ0) is 22.0. The second-order valence-corrected chi connectivity index (χ2v) is 8.27. The number of nitrogens with one attached hydrogen (secondary N) is 1. The molecule has 4 rings (SSSR count). The molecule has 3 unspecified atom stereocenters. The lowest BCUT2D eigenvalue weighted by molar-refractivity contribution is -0.139. The number of methoxy groups -OCH3 is 2. The standard InChI is InChI=1S/C24H22BrNO5/c1-29-22(27)20-18-12-13-24(31-18,21(20)23(28)30-2)19(26-17-6-4-3-5-7-17)14-15-8-10-16(25)11-9-15/h3-13,18-19,26H,14H2,1-2H3. The summed E-state index contributed by atoms with van der Waals surface area (Å²) in [5.41, 5.74) is 1.11. The molecule has 0 saturated carbocycles. The Balaban J connectivity index is 1.81. The van der Waals surface area contributed by atoms with E-state index < -0.39 is 29.7 Å². The number of benzene rings is 2. The third kappa shape index (κ3) is 3.91. The molecular formula is C24H22BrNO5. The number of rotatable bonds is 7. The van der Waals surface area contributed by atoms with Crippen molar-refractivity contribution in [3.05, 3.63) is 87.9 Å². The molecule has 3 atom stereocenters. The molecule has 0 saturated heterocycles. The van der Waals surface area contributed by atoms with Crippen molar-refractivity contribution >= 4 is 33.6 Å². The number of ether oxygens (including phenoxy) is 3. The van der Waals surface area contributed by atoms with Crippen LogP contribution in [-0.4, -0.2) is 43.9 Å². The summed E-state index contributed by atoms with van der Waals surface area (Å²) in [5, 5.41) is 3.51. The molecule has 0 aliphatic carbocycles. The summed E-state index contributed by atoms with van der Waals surface area (Å²) in [5.74, 6) is -1.21. The summed E-state index contributed by atoms with van der Waals surface area (Å²) in [7, 11) is 2.58. The SMILES string of the molecule is COC(=O)C1=C(C(=O)OC)C2(C(Cc3ccc(Br)cc3)Nc3ccccc3)C=CC1O2. The molecule has 7 heteroatoms. The number of para-hydroxylation sites is 1. The van der Waals surface area contributed by atoms with Gasteiger partial charge in [0.15, 0.2) is 0 Å². The molecule has 0 spiro atoms. The van der Waals surface area contributed by atoms with Crippen LogP contribution >= 0.6 is 15.9 Å². The van der Waals surface area contributed by atoms with Gasteiger partial charge in [-0.05, 0) is 42.3 Å². The highest BCUT2D eigenvalue weighted by Crippen LogP contribution is 2.47. The Kier molecular flexibility index (Phi) is 5.98. The fourth-order valence-corrected chi connectivity index (χ4v) is 4.41. The van der Waals surface area contributed by atoms with E-state index in [0.29, 0.717) is 6.42 Å². The Labute approximate surface area is 189 Å². The average Bonchev–Trinajstić information content (AvgIpc) is 3.38. The van der Waals surface area contributed by atoms with Gasteiger partial charge >= 0.3 is 11.9 Å². The number of esters is 2. The Hall–Kier alpha value is -2.90. The van der Waals surface area contributed by atoms with Crippen LogP contribution in [0, 0.1) is 0 Å². The largest absolute Gasteiger partial charge is 0.466 e. The summed E-state index contributed by atoms with van der Waals surface area (Å²) >= 11 is 3.46. The molecule has 2 aromatic carbocycles. The molecule has 6 nitrogen and oxygen atoms in total. The monoisotopic (exact) mass is 483 g/mol. The normalized spacial score (nSPS) is 22.4. The van der Waals surface area contributed by atoms with Gasteiger partial charge in [-0.3, -0.25) is 0 Å². The van der Waals surface area contributed by atoms with Crippen LogP contribution in [0.5, 0.6) is 0 Å². The van der Waals surface area contributed by atoms with Crippen molar-refractivity contribution in [2.75, 3.05) is 19.5 Å². The van der Waals surface area contributed by atoms with E-state index in [1.165, 1.54) is 14.2 Å². The molecule has 160 valence electrons. The molecule has 0 fully saturated rings. The highest BCUT2D eigenvalue weighted by molar-refractivity contribution is 9.10. The van der Waals surface area contributed by atoms with Gasteiger partial charge in [-0.25, -0.2) is 9.59 Å². The lowest BCUT2D eigenvalue weighted by Gasteiger charge is -2.36. The number of fused-ring (bicyclic) bond motifs is 2. The van der Waals surface area contributed by atoms with Crippen molar-refractivity contribution in [1.82, 2.24) is 0 Å². The predicted molar refractivity (Wildman–Crippen MR) is 120 cm³/mol. The van der Waals surface area contributed by atoms with E-state index in [4.69, 9.17) is 14.2 Å². The van der Waals surface area contributed by atoms with E-state index in [1.54, 1.807) is 6.08 Å². The van der Waals surface area contributed by atoms with E-state index in [2.05, 4.69) is 21.2 Å². The van der Waals surface area contributed by atoms with E-state index in [9.17, 15) is 9.59 Å². The molecule has 2 bridgehead atoms.